The molecule has 0 bridgehead atoms. The second-order valence-corrected chi connectivity index (χ2v) is 9.60. The van der Waals surface area contributed by atoms with Gasteiger partial charge in [-0.05, 0) is 60.2 Å². The van der Waals surface area contributed by atoms with Crippen molar-refractivity contribution in [3.8, 4) is 11.5 Å². The first-order valence-corrected chi connectivity index (χ1v) is 13.4. The first kappa shape index (κ1) is 27.7. The maximum atomic E-state index is 13.5. The van der Waals surface area contributed by atoms with Gasteiger partial charge in [-0.15, -0.1) is 0 Å². The quantitative estimate of drug-likeness (QED) is 0.198. The molecule has 3 aromatic carbocycles. The van der Waals surface area contributed by atoms with Gasteiger partial charge in [0.1, 0.15) is 24.1 Å². The van der Waals surface area contributed by atoms with Crippen LogP contribution in [-0.4, -0.2) is 33.8 Å². The van der Waals surface area contributed by atoms with Crippen LogP contribution in [-0.2, 0) is 27.9 Å². The molecule has 7 nitrogen and oxygen atoms in total. The van der Waals surface area contributed by atoms with Crippen LogP contribution in [0.4, 0.5) is 4.79 Å². The van der Waals surface area contributed by atoms with Crippen molar-refractivity contribution in [1.82, 2.24) is 4.90 Å². The molecule has 0 spiro atoms. The number of carbonyl (C=O) groups excluding carboxylic acids is 1. The van der Waals surface area contributed by atoms with E-state index in [0.29, 0.717) is 15.6 Å². The maximum Gasteiger partial charge on any atom is 0.417 e. The fourth-order valence-corrected chi connectivity index (χ4v) is 4.71. The van der Waals surface area contributed by atoms with Gasteiger partial charge < -0.3 is 19.3 Å². The van der Waals surface area contributed by atoms with Crippen LogP contribution in [0.25, 0.3) is 0 Å². The van der Waals surface area contributed by atoms with Crippen molar-refractivity contribution in [2.24, 2.45) is 0 Å². The molecule has 0 fully saturated rings. The van der Waals surface area contributed by atoms with Crippen LogP contribution < -0.4 is 9.47 Å². The summed E-state index contributed by atoms with van der Waals surface area (Å²) in [6, 6.07) is 20.3. The first-order valence-electron chi connectivity index (χ1n) is 10.7. The van der Waals surface area contributed by atoms with E-state index in [1.165, 1.54) is 12.1 Å². The molecule has 0 aliphatic heterocycles. The van der Waals surface area contributed by atoms with Crippen LogP contribution in [0.2, 0.25) is 10.0 Å². The molecule has 1 unspecified atom stereocenters. The summed E-state index contributed by atoms with van der Waals surface area (Å²) in [7, 11) is -0.0683. The third-order valence-corrected chi connectivity index (χ3v) is 6.69. The Morgan fingerprint density at radius 2 is 1.53 bits per heavy atom. The Hall–Kier alpha value is -2.90. The molecule has 0 saturated heterocycles. The average molecular weight is 566 g/mol. The van der Waals surface area contributed by atoms with Crippen molar-refractivity contribution in [3.05, 3.63) is 94.5 Å². The van der Waals surface area contributed by atoms with Crippen LogP contribution in [0.1, 0.15) is 18.9 Å². The van der Waals surface area contributed by atoms with Crippen LogP contribution in [0.5, 0.6) is 11.5 Å². The molecule has 0 aliphatic carbocycles. The summed E-state index contributed by atoms with van der Waals surface area (Å²) >= 11 is 17.7. The Bertz CT molecular complexity index is 1170. The van der Waals surface area contributed by atoms with E-state index in [9.17, 15) is 14.7 Å². The molecule has 1 atom stereocenters. The zero-order chi connectivity index (χ0) is 26.1. The molecule has 0 radical (unpaired) electrons. The highest BCUT2D eigenvalue weighted by Gasteiger charge is 2.51. The highest BCUT2D eigenvalue weighted by molar-refractivity contribution is 7.97. The lowest BCUT2D eigenvalue weighted by Gasteiger charge is -2.41. The van der Waals surface area contributed by atoms with E-state index in [4.69, 9.17) is 49.2 Å². The monoisotopic (exact) mass is 565 g/mol. The number of ether oxygens (including phenoxy) is 3. The molecule has 11 heteroatoms. The Morgan fingerprint density at radius 1 is 0.972 bits per heavy atom. The number of carboxylic acid groups (broad SMARTS) is 1. The van der Waals surface area contributed by atoms with E-state index in [0.717, 1.165) is 4.90 Å². The molecular weight excluding hydrogens is 544 g/mol. The zero-order valence-electron chi connectivity index (χ0n) is 19.0. The minimum atomic E-state index is -2.13. The lowest BCUT2D eigenvalue weighted by molar-refractivity contribution is -0.173. The predicted molar refractivity (Wildman–Crippen MR) is 141 cm³/mol. The molecular formula is C25H22Cl2NO6PS. The lowest BCUT2D eigenvalue weighted by atomic mass is 10.2. The summed E-state index contributed by atoms with van der Waals surface area (Å²) in [6.07, 6.45) is -0.977. The van der Waals surface area contributed by atoms with Crippen LogP contribution in [0.15, 0.2) is 78.9 Å². The molecule has 188 valence electrons. The number of nitrogens with zero attached hydrogens (tertiary/aromatic N) is 1. The van der Waals surface area contributed by atoms with Gasteiger partial charge in [0, 0.05) is 10.0 Å². The van der Waals surface area contributed by atoms with Crippen molar-refractivity contribution in [2.45, 2.75) is 31.6 Å². The second kappa shape index (κ2) is 12.9. The van der Waals surface area contributed by atoms with E-state index in [1.807, 2.05) is 6.07 Å². The van der Waals surface area contributed by atoms with Gasteiger partial charge in [-0.1, -0.05) is 72.6 Å². The molecule has 0 aliphatic rings. The number of hydrogen-bond donors (Lipinski definition) is 1. The predicted octanol–water partition coefficient (Wildman–Crippen LogP) is 6.97. The van der Waals surface area contributed by atoms with Gasteiger partial charge in [0.2, 0.25) is 0 Å². The summed E-state index contributed by atoms with van der Waals surface area (Å²) < 4.78 is 17.8. The van der Waals surface area contributed by atoms with Gasteiger partial charge in [-0.2, -0.15) is 0 Å². The smallest absolute Gasteiger partial charge is 0.417 e. The summed E-state index contributed by atoms with van der Waals surface area (Å²) in [6.45, 7) is 1.50. The molecule has 0 aromatic heterocycles. The Labute approximate surface area is 225 Å². The maximum absolute atomic E-state index is 13.5. The van der Waals surface area contributed by atoms with E-state index >= 15 is 0 Å². The molecule has 3 rings (SSSR count). The lowest BCUT2D eigenvalue weighted by Crippen LogP contribution is -2.61. The summed E-state index contributed by atoms with van der Waals surface area (Å²) in [5.41, 5.74) is -1.42. The molecule has 0 heterocycles. The van der Waals surface area contributed by atoms with Gasteiger partial charge in [0.25, 0.3) is 0 Å². The van der Waals surface area contributed by atoms with E-state index in [2.05, 4.69) is 0 Å². The first-order chi connectivity index (χ1) is 17.3. The van der Waals surface area contributed by atoms with Gasteiger partial charge in [0.05, 0.1) is 7.36 Å². The molecule has 1 N–H and O–H groups in total. The van der Waals surface area contributed by atoms with E-state index in [-0.39, 0.29) is 31.9 Å². The van der Waals surface area contributed by atoms with Gasteiger partial charge in [0.15, 0.2) is 0 Å². The number of halogens is 2. The summed E-state index contributed by atoms with van der Waals surface area (Å²) in [4.78, 5) is 26.7. The number of carbonyl (C=O) groups is 2. The van der Waals surface area contributed by atoms with Gasteiger partial charge >= 0.3 is 17.7 Å². The SMILES string of the molecule is CCC(C(=O)O)N(C(=O)OCc1ccccc1)C(Oc1cccc(Cl)c1)(Oc1cccc(Cl)c1)P=S. The third kappa shape index (κ3) is 7.08. The van der Waals surface area contributed by atoms with Gasteiger partial charge in [-0.25, -0.2) is 14.5 Å². The number of carboxylic acids is 1. The van der Waals surface area contributed by atoms with Gasteiger partial charge in [-0.3, -0.25) is 0 Å². The molecule has 1 amide bonds. The largest absolute Gasteiger partial charge is 0.480 e. The van der Waals surface area contributed by atoms with Crippen molar-refractivity contribution in [3.63, 3.8) is 0 Å². The van der Waals surface area contributed by atoms with Crippen LogP contribution >= 0.6 is 30.6 Å². The van der Waals surface area contributed by atoms with Crippen molar-refractivity contribution >= 4 is 54.4 Å². The number of rotatable bonds is 11. The average Bonchev–Trinajstić information content (AvgIpc) is 2.86. The van der Waals surface area contributed by atoms with Crippen LogP contribution in [0.3, 0.4) is 0 Å². The van der Waals surface area contributed by atoms with Crippen molar-refractivity contribution in [1.29, 1.82) is 0 Å². The number of aliphatic carboxylic acids is 1. The second-order valence-electron chi connectivity index (χ2n) is 7.43. The summed E-state index contributed by atoms with van der Waals surface area (Å²) in [5, 5.41) is 10.7. The minimum Gasteiger partial charge on any atom is -0.480 e. The zero-order valence-corrected chi connectivity index (χ0v) is 22.3. The van der Waals surface area contributed by atoms with E-state index in [1.54, 1.807) is 67.6 Å². The fraction of sp³-hybridized carbons (Fsp3) is 0.200. The number of amides is 1. The Balaban J connectivity index is 2.10. The third-order valence-electron chi connectivity index (χ3n) is 4.90. The van der Waals surface area contributed by atoms with Crippen molar-refractivity contribution < 1.29 is 28.9 Å². The number of benzene rings is 3. The topological polar surface area (TPSA) is 85.3 Å². The van der Waals surface area contributed by atoms with Crippen LogP contribution in [0, 0.1) is 0 Å². The standard InChI is InChI=1S/C25H22Cl2NO6PS/c1-2-22(23(29)30)28(24(31)32-16-17-8-4-3-5-9-17)25(35-36,33-20-12-6-10-18(26)14-20)34-21-13-7-11-19(27)15-21/h3-15,22H,2,16H2,1H3,(H,29,30). The normalized spacial score (nSPS) is 12.0. The minimum absolute atomic E-state index is 0.0141. The Kier molecular flexibility index (Phi) is 9.90. The van der Waals surface area contributed by atoms with Crippen molar-refractivity contribution in [2.75, 3.05) is 0 Å². The fourth-order valence-electron chi connectivity index (χ4n) is 3.26. The molecule has 3 aromatic rings. The molecule has 0 saturated carbocycles. The highest BCUT2D eigenvalue weighted by Crippen LogP contribution is 2.38. The van der Waals surface area contributed by atoms with E-state index < -0.39 is 23.8 Å². The molecule has 36 heavy (non-hydrogen) atoms. The number of hydrogen-bond acceptors (Lipinski definition) is 6. The Morgan fingerprint density at radius 3 is 1.97 bits per heavy atom. The summed E-state index contributed by atoms with van der Waals surface area (Å²) in [5.74, 6) is -0.896. The highest BCUT2D eigenvalue weighted by atomic mass is 35.5.